The summed E-state index contributed by atoms with van der Waals surface area (Å²) in [5.41, 5.74) is 0. The van der Waals surface area contributed by atoms with Crippen LogP contribution in [0.15, 0.2) is 10.6 Å². The Hall–Kier alpha value is -0.830. The molecule has 0 aliphatic rings. The third-order valence-corrected chi connectivity index (χ3v) is 2.48. The molecule has 1 aromatic rings. The predicted octanol–water partition coefficient (Wildman–Crippen LogP) is 2.52. The lowest BCUT2D eigenvalue weighted by atomic mass is 10.2. The van der Waals surface area contributed by atoms with Crippen LogP contribution in [-0.4, -0.2) is 11.0 Å². The first-order chi connectivity index (χ1) is 6.80. The molecule has 0 radical (unpaired) electrons. The summed E-state index contributed by atoms with van der Waals surface area (Å²) in [6.07, 6.45) is 5.03. The molecule has 3 nitrogen and oxygen atoms in total. The highest BCUT2D eigenvalue weighted by Gasteiger charge is 2.05. The zero-order chi connectivity index (χ0) is 10.4. The zero-order valence-corrected chi connectivity index (χ0v) is 9.34. The molecule has 0 atom stereocenters. The van der Waals surface area contributed by atoms with E-state index >= 15 is 0 Å². The minimum Gasteiger partial charge on any atom is -0.444 e. The molecule has 0 saturated heterocycles. The summed E-state index contributed by atoms with van der Waals surface area (Å²) in [6.45, 7) is 7.19. The van der Waals surface area contributed by atoms with E-state index in [0.29, 0.717) is 6.04 Å². The van der Waals surface area contributed by atoms with Crippen molar-refractivity contribution in [1.82, 2.24) is 10.3 Å². The number of hydrogen-bond donors (Lipinski definition) is 1. The van der Waals surface area contributed by atoms with Crippen molar-refractivity contribution in [2.75, 3.05) is 0 Å². The maximum absolute atomic E-state index is 5.50. The minimum absolute atomic E-state index is 0.576. The molecule has 0 saturated carbocycles. The second kappa shape index (κ2) is 5.81. The highest BCUT2D eigenvalue weighted by atomic mass is 16.4. The van der Waals surface area contributed by atoms with E-state index in [1.54, 1.807) is 0 Å². The highest BCUT2D eigenvalue weighted by Crippen LogP contribution is 2.05. The van der Waals surface area contributed by atoms with Crippen molar-refractivity contribution in [2.24, 2.45) is 0 Å². The van der Waals surface area contributed by atoms with Gasteiger partial charge in [-0.1, -0.05) is 20.8 Å². The summed E-state index contributed by atoms with van der Waals surface area (Å²) in [4.78, 5) is 4.20. The van der Waals surface area contributed by atoms with E-state index in [4.69, 9.17) is 4.42 Å². The molecule has 0 unspecified atom stereocenters. The first-order valence-corrected chi connectivity index (χ1v) is 5.47. The average molecular weight is 196 g/mol. The van der Waals surface area contributed by atoms with Crippen LogP contribution in [-0.2, 0) is 13.0 Å². The normalized spacial score (nSPS) is 11.1. The van der Waals surface area contributed by atoms with Gasteiger partial charge in [0, 0.05) is 12.5 Å². The van der Waals surface area contributed by atoms with Crippen molar-refractivity contribution in [3.8, 4) is 0 Å². The van der Waals surface area contributed by atoms with E-state index in [-0.39, 0.29) is 0 Å². The van der Waals surface area contributed by atoms with Gasteiger partial charge in [0.05, 0.1) is 12.7 Å². The van der Waals surface area contributed by atoms with Gasteiger partial charge in [0.15, 0.2) is 0 Å². The van der Waals surface area contributed by atoms with Gasteiger partial charge < -0.3 is 9.73 Å². The fraction of sp³-hybridized carbons (Fsp3) is 0.727. The van der Waals surface area contributed by atoms with Crippen molar-refractivity contribution in [3.05, 3.63) is 17.8 Å². The van der Waals surface area contributed by atoms with E-state index < -0.39 is 0 Å². The van der Waals surface area contributed by atoms with Crippen molar-refractivity contribution in [2.45, 2.75) is 52.6 Å². The van der Waals surface area contributed by atoms with Gasteiger partial charge in [-0.05, 0) is 12.8 Å². The molecule has 0 bridgehead atoms. The standard InChI is InChI=1S/C11H20N2O/c1-4-9(5-2)12-8-11-13-7-10(6-3)14-11/h7,9,12H,4-6,8H2,1-3H3. The molecular weight excluding hydrogens is 176 g/mol. The predicted molar refractivity (Wildman–Crippen MR) is 57.1 cm³/mol. The average Bonchev–Trinajstić information content (AvgIpc) is 2.67. The summed E-state index contributed by atoms with van der Waals surface area (Å²) < 4.78 is 5.50. The molecular formula is C11H20N2O. The Morgan fingerprint density at radius 1 is 1.36 bits per heavy atom. The number of nitrogens with zero attached hydrogens (tertiary/aromatic N) is 1. The third-order valence-electron chi connectivity index (χ3n) is 2.48. The van der Waals surface area contributed by atoms with E-state index in [1.165, 1.54) is 0 Å². The summed E-state index contributed by atoms with van der Waals surface area (Å²) in [6, 6.07) is 0.576. The maximum atomic E-state index is 5.50. The second-order valence-electron chi connectivity index (χ2n) is 3.47. The molecule has 1 aromatic heterocycles. The van der Waals surface area contributed by atoms with Crippen molar-refractivity contribution in [1.29, 1.82) is 0 Å². The van der Waals surface area contributed by atoms with Gasteiger partial charge >= 0.3 is 0 Å². The molecule has 0 spiro atoms. The first-order valence-electron chi connectivity index (χ1n) is 5.47. The zero-order valence-electron chi connectivity index (χ0n) is 9.34. The fourth-order valence-electron chi connectivity index (χ4n) is 1.40. The molecule has 0 fully saturated rings. The van der Waals surface area contributed by atoms with Gasteiger partial charge in [-0.2, -0.15) is 0 Å². The number of nitrogens with one attached hydrogen (secondary N) is 1. The van der Waals surface area contributed by atoms with Gasteiger partial charge in [0.25, 0.3) is 0 Å². The van der Waals surface area contributed by atoms with Gasteiger partial charge in [-0.3, -0.25) is 0 Å². The van der Waals surface area contributed by atoms with Crippen LogP contribution in [0, 0.1) is 0 Å². The van der Waals surface area contributed by atoms with E-state index in [2.05, 4.69) is 31.1 Å². The third kappa shape index (κ3) is 3.14. The lowest BCUT2D eigenvalue weighted by Gasteiger charge is -2.12. The molecule has 0 aliphatic heterocycles. The molecule has 0 amide bonds. The molecule has 1 N–H and O–H groups in total. The van der Waals surface area contributed by atoms with Gasteiger partial charge in [0.2, 0.25) is 5.89 Å². The summed E-state index contributed by atoms with van der Waals surface area (Å²) in [5, 5.41) is 3.42. The lowest BCUT2D eigenvalue weighted by molar-refractivity contribution is 0.404. The number of aryl methyl sites for hydroxylation is 1. The largest absolute Gasteiger partial charge is 0.444 e. The van der Waals surface area contributed by atoms with Gasteiger partial charge in [-0.15, -0.1) is 0 Å². The van der Waals surface area contributed by atoms with Gasteiger partial charge in [-0.25, -0.2) is 4.98 Å². The first kappa shape index (κ1) is 11.2. The molecule has 80 valence electrons. The smallest absolute Gasteiger partial charge is 0.208 e. The highest BCUT2D eigenvalue weighted by molar-refractivity contribution is 4.93. The minimum atomic E-state index is 0.576. The number of aromatic nitrogens is 1. The Morgan fingerprint density at radius 3 is 2.57 bits per heavy atom. The lowest BCUT2D eigenvalue weighted by Crippen LogP contribution is -2.27. The molecule has 14 heavy (non-hydrogen) atoms. The monoisotopic (exact) mass is 196 g/mol. The van der Waals surface area contributed by atoms with Crippen LogP contribution < -0.4 is 5.32 Å². The van der Waals surface area contributed by atoms with E-state index in [0.717, 1.165) is 37.5 Å². The quantitative estimate of drug-likeness (QED) is 0.759. The molecule has 0 aliphatic carbocycles. The molecule has 1 heterocycles. The molecule has 1 rings (SSSR count). The fourth-order valence-corrected chi connectivity index (χ4v) is 1.40. The Morgan fingerprint density at radius 2 is 2.07 bits per heavy atom. The number of oxazole rings is 1. The van der Waals surface area contributed by atoms with Crippen molar-refractivity contribution < 1.29 is 4.42 Å². The van der Waals surface area contributed by atoms with Gasteiger partial charge in [0.1, 0.15) is 5.76 Å². The van der Waals surface area contributed by atoms with Crippen LogP contribution in [0.25, 0.3) is 0 Å². The Labute approximate surface area is 85.9 Å². The Balaban J connectivity index is 2.37. The van der Waals surface area contributed by atoms with Crippen LogP contribution in [0.3, 0.4) is 0 Å². The maximum Gasteiger partial charge on any atom is 0.208 e. The number of hydrogen-bond acceptors (Lipinski definition) is 3. The SMILES string of the molecule is CCc1cnc(CNC(CC)CC)o1. The van der Waals surface area contributed by atoms with Crippen molar-refractivity contribution >= 4 is 0 Å². The summed E-state index contributed by atoms with van der Waals surface area (Å²) >= 11 is 0. The second-order valence-corrected chi connectivity index (χ2v) is 3.47. The summed E-state index contributed by atoms with van der Waals surface area (Å²) in [5.74, 6) is 1.76. The topological polar surface area (TPSA) is 38.1 Å². The molecule has 3 heteroatoms. The Bertz CT molecular complexity index is 254. The van der Waals surface area contributed by atoms with E-state index in [1.807, 2.05) is 6.20 Å². The van der Waals surface area contributed by atoms with Crippen LogP contribution in [0.1, 0.15) is 45.3 Å². The van der Waals surface area contributed by atoms with Crippen LogP contribution >= 0.6 is 0 Å². The van der Waals surface area contributed by atoms with Crippen LogP contribution in [0.2, 0.25) is 0 Å². The summed E-state index contributed by atoms with van der Waals surface area (Å²) in [7, 11) is 0. The van der Waals surface area contributed by atoms with Crippen molar-refractivity contribution in [3.63, 3.8) is 0 Å². The van der Waals surface area contributed by atoms with Crippen LogP contribution in [0.5, 0.6) is 0 Å². The van der Waals surface area contributed by atoms with Crippen LogP contribution in [0.4, 0.5) is 0 Å². The Kier molecular flexibility index (Phi) is 4.66. The molecule has 0 aromatic carbocycles. The number of rotatable bonds is 6. The van der Waals surface area contributed by atoms with E-state index in [9.17, 15) is 0 Å².